The Morgan fingerprint density at radius 3 is 2.89 bits per heavy atom. The molecule has 102 valence electrons. The fraction of sp³-hybridized carbons (Fsp3) is 0.700. The second kappa shape index (κ2) is 5.41. The molecule has 0 aliphatic heterocycles. The maximum absolute atomic E-state index is 11.5. The van der Waals surface area contributed by atoms with Crippen molar-refractivity contribution in [1.29, 1.82) is 0 Å². The molecule has 0 amide bonds. The first-order valence-corrected chi connectivity index (χ1v) is 8.42. The summed E-state index contributed by atoms with van der Waals surface area (Å²) in [6.07, 6.45) is 3.65. The maximum Gasteiger partial charge on any atom is 0.182 e. The number of sulfone groups is 1. The largest absolute Gasteiger partial charge is 0.382 e. The highest BCUT2D eigenvalue weighted by Crippen LogP contribution is 2.31. The van der Waals surface area contributed by atoms with Crippen LogP contribution in [-0.4, -0.2) is 38.8 Å². The van der Waals surface area contributed by atoms with Crippen molar-refractivity contribution in [1.82, 2.24) is 4.37 Å². The summed E-state index contributed by atoms with van der Waals surface area (Å²) in [5, 5.41) is 3.50. The van der Waals surface area contributed by atoms with Crippen LogP contribution in [0.15, 0.2) is 4.90 Å². The Morgan fingerprint density at radius 1 is 1.56 bits per heavy atom. The minimum atomic E-state index is -3.35. The topological polar surface area (TPSA) is 94.3 Å². The SMILES string of the molecule is CS(=O)(=O)c1c(N)nsc1NCCOCC1CC1. The van der Waals surface area contributed by atoms with Gasteiger partial charge in [0.1, 0.15) is 9.90 Å². The van der Waals surface area contributed by atoms with E-state index in [-0.39, 0.29) is 10.7 Å². The Bertz CT molecular complexity index is 508. The normalized spacial score (nSPS) is 15.8. The average Bonchev–Trinajstić information content (AvgIpc) is 3.00. The number of hydrogen-bond acceptors (Lipinski definition) is 7. The van der Waals surface area contributed by atoms with E-state index in [1.165, 1.54) is 12.8 Å². The van der Waals surface area contributed by atoms with E-state index >= 15 is 0 Å². The molecule has 0 bridgehead atoms. The van der Waals surface area contributed by atoms with Gasteiger partial charge in [0.15, 0.2) is 15.7 Å². The molecule has 8 heteroatoms. The third kappa shape index (κ3) is 3.56. The summed E-state index contributed by atoms with van der Waals surface area (Å²) in [4.78, 5) is 0.0923. The van der Waals surface area contributed by atoms with Gasteiger partial charge in [0.25, 0.3) is 0 Å². The summed E-state index contributed by atoms with van der Waals surface area (Å²) in [6.45, 7) is 1.90. The van der Waals surface area contributed by atoms with Gasteiger partial charge in [-0.2, -0.15) is 4.37 Å². The minimum absolute atomic E-state index is 0.0592. The molecule has 1 aliphatic carbocycles. The van der Waals surface area contributed by atoms with Crippen LogP contribution in [-0.2, 0) is 14.6 Å². The summed E-state index contributed by atoms with van der Waals surface area (Å²) < 4.78 is 32.4. The van der Waals surface area contributed by atoms with E-state index in [0.717, 1.165) is 30.3 Å². The van der Waals surface area contributed by atoms with Crippen LogP contribution in [0, 0.1) is 5.92 Å². The molecule has 0 radical (unpaired) electrons. The molecule has 1 aromatic rings. The molecule has 2 rings (SSSR count). The Balaban J connectivity index is 1.84. The predicted octanol–water partition coefficient (Wildman–Crippen LogP) is 0.967. The first kappa shape index (κ1) is 13.6. The molecule has 6 nitrogen and oxygen atoms in total. The van der Waals surface area contributed by atoms with Gasteiger partial charge in [0.2, 0.25) is 0 Å². The molecular weight excluding hydrogens is 274 g/mol. The molecule has 1 heterocycles. The maximum atomic E-state index is 11.5. The fourth-order valence-electron chi connectivity index (χ4n) is 1.54. The van der Waals surface area contributed by atoms with Crippen molar-refractivity contribution in [2.75, 3.05) is 37.1 Å². The van der Waals surface area contributed by atoms with E-state index in [0.29, 0.717) is 18.2 Å². The van der Waals surface area contributed by atoms with Crippen LogP contribution in [0.1, 0.15) is 12.8 Å². The number of nitrogen functional groups attached to an aromatic ring is 1. The lowest BCUT2D eigenvalue weighted by Gasteiger charge is -2.06. The molecule has 0 atom stereocenters. The van der Waals surface area contributed by atoms with Crippen molar-refractivity contribution in [3.63, 3.8) is 0 Å². The Morgan fingerprint density at radius 2 is 2.28 bits per heavy atom. The summed E-state index contributed by atoms with van der Waals surface area (Å²) in [7, 11) is -3.35. The van der Waals surface area contributed by atoms with E-state index in [4.69, 9.17) is 10.5 Å². The van der Waals surface area contributed by atoms with Crippen LogP contribution in [0.4, 0.5) is 10.8 Å². The molecule has 1 saturated carbocycles. The summed E-state index contributed by atoms with van der Waals surface area (Å²) in [5.74, 6) is 0.791. The molecule has 0 aromatic carbocycles. The first-order valence-electron chi connectivity index (χ1n) is 5.75. The monoisotopic (exact) mass is 291 g/mol. The van der Waals surface area contributed by atoms with Crippen LogP contribution in [0.2, 0.25) is 0 Å². The van der Waals surface area contributed by atoms with Crippen molar-refractivity contribution in [2.45, 2.75) is 17.7 Å². The third-order valence-corrected chi connectivity index (χ3v) is 4.73. The smallest absolute Gasteiger partial charge is 0.182 e. The van der Waals surface area contributed by atoms with Gasteiger partial charge in [-0.15, -0.1) is 0 Å². The molecule has 0 spiro atoms. The zero-order valence-electron chi connectivity index (χ0n) is 10.2. The standard InChI is InChI=1S/C10H17N3O3S2/c1-18(14,15)8-9(11)13-17-10(8)12-4-5-16-6-7-2-3-7/h7,12H,2-6H2,1H3,(H2,11,13). The second-order valence-corrected chi connectivity index (χ2v) is 7.17. The van der Waals surface area contributed by atoms with Crippen LogP contribution < -0.4 is 11.1 Å². The van der Waals surface area contributed by atoms with Crippen LogP contribution in [0.25, 0.3) is 0 Å². The second-order valence-electron chi connectivity index (χ2n) is 4.44. The van der Waals surface area contributed by atoms with Gasteiger partial charge in [-0.1, -0.05) is 0 Å². The Kier molecular flexibility index (Phi) is 4.08. The fourth-order valence-corrected chi connectivity index (χ4v) is 3.63. The van der Waals surface area contributed by atoms with Crippen molar-refractivity contribution in [3.8, 4) is 0 Å². The summed E-state index contributed by atoms with van der Waals surface area (Å²) >= 11 is 1.06. The number of anilines is 2. The van der Waals surface area contributed by atoms with Crippen molar-refractivity contribution in [3.05, 3.63) is 0 Å². The lowest BCUT2D eigenvalue weighted by atomic mass is 10.5. The van der Waals surface area contributed by atoms with E-state index in [9.17, 15) is 8.42 Å². The van der Waals surface area contributed by atoms with Gasteiger partial charge < -0.3 is 15.8 Å². The zero-order valence-corrected chi connectivity index (χ0v) is 11.8. The van der Waals surface area contributed by atoms with E-state index < -0.39 is 9.84 Å². The molecule has 1 fully saturated rings. The van der Waals surface area contributed by atoms with Crippen LogP contribution in [0.5, 0.6) is 0 Å². The number of ether oxygens (including phenoxy) is 1. The number of rotatable bonds is 7. The highest BCUT2D eigenvalue weighted by atomic mass is 32.2. The minimum Gasteiger partial charge on any atom is -0.382 e. The number of hydrogen-bond donors (Lipinski definition) is 2. The molecule has 0 unspecified atom stereocenters. The number of nitrogens with two attached hydrogens (primary N) is 1. The molecule has 1 aliphatic rings. The van der Waals surface area contributed by atoms with Crippen LogP contribution in [0.3, 0.4) is 0 Å². The Labute approximate surface area is 111 Å². The van der Waals surface area contributed by atoms with Crippen LogP contribution >= 0.6 is 11.5 Å². The Hall–Kier alpha value is -0.860. The molecule has 1 aromatic heterocycles. The third-order valence-electron chi connectivity index (χ3n) is 2.63. The van der Waals surface area contributed by atoms with Crippen molar-refractivity contribution < 1.29 is 13.2 Å². The highest BCUT2D eigenvalue weighted by molar-refractivity contribution is 7.91. The van der Waals surface area contributed by atoms with Gasteiger partial charge >= 0.3 is 0 Å². The van der Waals surface area contributed by atoms with E-state index in [2.05, 4.69) is 9.69 Å². The number of nitrogens with one attached hydrogen (secondary N) is 1. The lowest BCUT2D eigenvalue weighted by Crippen LogP contribution is -2.12. The van der Waals surface area contributed by atoms with Crippen molar-refractivity contribution >= 4 is 32.2 Å². The first-order chi connectivity index (χ1) is 8.48. The molecule has 0 saturated heterocycles. The van der Waals surface area contributed by atoms with Gasteiger partial charge in [0.05, 0.1) is 6.61 Å². The molecule has 3 N–H and O–H groups in total. The number of nitrogens with zero attached hydrogens (tertiary/aromatic N) is 1. The van der Waals surface area contributed by atoms with Gasteiger partial charge in [-0.3, -0.25) is 0 Å². The predicted molar refractivity (Wildman–Crippen MR) is 71.7 cm³/mol. The molecular formula is C10H17N3O3S2. The van der Waals surface area contributed by atoms with E-state index in [1.807, 2.05) is 0 Å². The van der Waals surface area contributed by atoms with Gasteiger partial charge in [-0.05, 0) is 30.3 Å². The lowest BCUT2D eigenvalue weighted by molar-refractivity contribution is 0.134. The van der Waals surface area contributed by atoms with Gasteiger partial charge in [-0.25, -0.2) is 8.42 Å². The van der Waals surface area contributed by atoms with Crippen molar-refractivity contribution in [2.24, 2.45) is 5.92 Å². The summed E-state index contributed by atoms with van der Waals surface area (Å²) in [5.41, 5.74) is 5.55. The average molecular weight is 291 g/mol. The zero-order chi connectivity index (χ0) is 13.2. The molecule has 18 heavy (non-hydrogen) atoms. The van der Waals surface area contributed by atoms with E-state index in [1.54, 1.807) is 0 Å². The quantitative estimate of drug-likeness (QED) is 0.727. The van der Waals surface area contributed by atoms with Gasteiger partial charge in [0, 0.05) is 19.4 Å². The highest BCUT2D eigenvalue weighted by Gasteiger charge is 2.22. The number of aromatic nitrogens is 1. The summed E-state index contributed by atoms with van der Waals surface area (Å²) in [6, 6.07) is 0.